The molecule has 0 N–H and O–H groups in total. The van der Waals surface area contributed by atoms with Gasteiger partial charge in [-0.1, -0.05) is 6.07 Å². The number of Topliss-reactive ketones (excluding diaryl/α,β-unsaturated/α-hetero) is 1. The molecule has 1 atom stereocenters. The fourth-order valence-corrected chi connectivity index (χ4v) is 2.81. The van der Waals surface area contributed by atoms with E-state index in [0.29, 0.717) is 12.2 Å². The monoisotopic (exact) mass is 261 g/mol. The van der Waals surface area contributed by atoms with E-state index in [1.165, 1.54) is 5.56 Å². The van der Waals surface area contributed by atoms with Crippen LogP contribution in [0.25, 0.3) is 0 Å². The van der Waals surface area contributed by atoms with Crippen molar-refractivity contribution in [3.63, 3.8) is 0 Å². The number of hydrogen-bond acceptors (Lipinski definition) is 3. The van der Waals surface area contributed by atoms with E-state index in [1.807, 2.05) is 26.2 Å². The molecule has 3 heteroatoms. The maximum Gasteiger partial charge on any atom is 0.143 e. The summed E-state index contributed by atoms with van der Waals surface area (Å²) < 4.78 is 5.31. The van der Waals surface area contributed by atoms with Gasteiger partial charge in [0, 0.05) is 6.42 Å². The van der Waals surface area contributed by atoms with Crippen LogP contribution in [0.1, 0.15) is 30.9 Å². The van der Waals surface area contributed by atoms with Crippen molar-refractivity contribution in [1.29, 1.82) is 0 Å². The van der Waals surface area contributed by atoms with Gasteiger partial charge in [0.1, 0.15) is 11.5 Å². The zero-order valence-corrected chi connectivity index (χ0v) is 12.3. The van der Waals surface area contributed by atoms with E-state index in [0.717, 1.165) is 30.7 Å². The second-order valence-electron chi connectivity index (χ2n) is 5.83. The molecule has 0 saturated carbocycles. The van der Waals surface area contributed by atoms with Crippen molar-refractivity contribution in [1.82, 2.24) is 4.90 Å². The smallest absolute Gasteiger partial charge is 0.143 e. The Kier molecular flexibility index (Phi) is 3.95. The fourth-order valence-electron chi connectivity index (χ4n) is 2.81. The zero-order valence-electron chi connectivity index (χ0n) is 12.3. The Morgan fingerprint density at radius 3 is 2.68 bits per heavy atom. The Morgan fingerprint density at radius 2 is 2.05 bits per heavy atom. The van der Waals surface area contributed by atoms with Gasteiger partial charge in [0.25, 0.3) is 0 Å². The number of aryl methyl sites for hydroxylation is 1. The molecule has 0 unspecified atom stereocenters. The maximum atomic E-state index is 12.4. The molecule has 0 aromatic heterocycles. The normalized spacial score (nSPS) is 22.5. The number of fused-ring (bicyclic) bond motifs is 1. The molecule has 1 aliphatic rings. The van der Waals surface area contributed by atoms with Gasteiger partial charge in [-0.2, -0.15) is 0 Å². The number of hydrogen-bond donors (Lipinski definition) is 0. The summed E-state index contributed by atoms with van der Waals surface area (Å²) in [7, 11) is 5.76. The summed E-state index contributed by atoms with van der Waals surface area (Å²) >= 11 is 0. The van der Waals surface area contributed by atoms with E-state index < -0.39 is 0 Å². The number of nitrogens with zero attached hydrogens (tertiary/aromatic N) is 1. The highest BCUT2D eigenvalue weighted by Crippen LogP contribution is 2.39. The number of carbonyl (C=O) groups excluding carboxylic acids is 1. The van der Waals surface area contributed by atoms with Crippen molar-refractivity contribution in [2.45, 2.75) is 31.6 Å². The van der Waals surface area contributed by atoms with Gasteiger partial charge < -0.3 is 9.64 Å². The SMILES string of the molecule is COc1ccc2c(c1)[C@@](C)(CCN(C)C)C(=O)CC2. The molecule has 0 amide bonds. The molecule has 0 fully saturated rings. The molecule has 0 heterocycles. The van der Waals surface area contributed by atoms with E-state index in [-0.39, 0.29) is 5.41 Å². The van der Waals surface area contributed by atoms with Crippen molar-refractivity contribution in [2.75, 3.05) is 27.7 Å². The average molecular weight is 261 g/mol. The third kappa shape index (κ3) is 2.66. The van der Waals surface area contributed by atoms with Crippen LogP contribution in [-0.2, 0) is 16.6 Å². The first-order chi connectivity index (χ1) is 8.97. The van der Waals surface area contributed by atoms with Crippen LogP contribution in [0.5, 0.6) is 5.75 Å². The van der Waals surface area contributed by atoms with E-state index in [2.05, 4.69) is 17.9 Å². The van der Waals surface area contributed by atoms with Gasteiger partial charge in [-0.25, -0.2) is 0 Å². The van der Waals surface area contributed by atoms with Crippen LogP contribution >= 0.6 is 0 Å². The summed E-state index contributed by atoms with van der Waals surface area (Å²) in [6, 6.07) is 6.14. The zero-order chi connectivity index (χ0) is 14.0. The third-order valence-corrected chi connectivity index (χ3v) is 4.21. The van der Waals surface area contributed by atoms with Crippen molar-refractivity contribution >= 4 is 5.78 Å². The molecule has 19 heavy (non-hydrogen) atoms. The topological polar surface area (TPSA) is 29.5 Å². The van der Waals surface area contributed by atoms with Gasteiger partial charge in [0.05, 0.1) is 12.5 Å². The standard InChI is InChI=1S/C16H23NO2/c1-16(9-10-17(2)3)14-11-13(19-4)7-5-12(14)6-8-15(16)18/h5,7,11H,6,8-10H2,1-4H3/t16-/m1/s1. The molecule has 0 aliphatic heterocycles. The lowest BCUT2D eigenvalue weighted by atomic mass is 9.68. The molecule has 0 radical (unpaired) electrons. The van der Waals surface area contributed by atoms with E-state index in [1.54, 1.807) is 7.11 Å². The van der Waals surface area contributed by atoms with Crippen molar-refractivity contribution in [3.05, 3.63) is 29.3 Å². The highest BCUT2D eigenvalue weighted by molar-refractivity contribution is 5.92. The number of carbonyl (C=O) groups is 1. The van der Waals surface area contributed by atoms with Crippen LogP contribution in [0.15, 0.2) is 18.2 Å². The summed E-state index contributed by atoms with van der Waals surface area (Å²) in [4.78, 5) is 14.6. The lowest BCUT2D eigenvalue weighted by Crippen LogP contribution is -2.39. The van der Waals surface area contributed by atoms with Crippen LogP contribution < -0.4 is 4.74 Å². The average Bonchev–Trinajstić information content (AvgIpc) is 2.41. The van der Waals surface area contributed by atoms with Gasteiger partial charge in [0.2, 0.25) is 0 Å². The summed E-state index contributed by atoms with van der Waals surface area (Å²) in [5.41, 5.74) is 2.08. The van der Waals surface area contributed by atoms with Gasteiger partial charge in [0.15, 0.2) is 0 Å². The second-order valence-corrected chi connectivity index (χ2v) is 5.83. The predicted molar refractivity (Wildman–Crippen MR) is 76.8 cm³/mol. The minimum Gasteiger partial charge on any atom is -0.497 e. The molecule has 0 spiro atoms. The molecule has 1 aromatic rings. The van der Waals surface area contributed by atoms with E-state index in [9.17, 15) is 4.79 Å². The molecule has 0 saturated heterocycles. The minimum absolute atomic E-state index is 0.357. The van der Waals surface area contributed by atoms with Crippen molar-refractivity contribution in [3.8, 4) is 5.75 Å². The Labute approximate surface area is 115 Å². The number of ketones is 1. The fraction of sp³-hybridized carbons (Fsp3) is 0.562. The Morgan fingerprint density at radius 1 is 1.32 bits per heavy atom. The number of methoxy groups -OCH3 is 1. The highest BCUT2D eigenvalue weighted by atomic mass is 16.5. The molecule has 104 valence electrons. The minimum atomic E-state index is -0.369. The van der Waals surface area contributed by atoms with Gasteiger partial charge in [-0.15, -0.1) is 0 Å². The molecular weight excluding hydrogens is 238 g/mol. The lowest BCUT2D eigenvalue weighted by molar-refractivity contribution is -0.125. The van der Waals surface area contributed by atoms with Crippen LogP contribution in [0.3, 0.4) is 0 Å². The van der Waals surface area contributed by atoms with E-state index in [4.69, 9.17) is 4.74 Å². The van der Waals surface area contributed by atoms with Crippen LogP contribution in [0.2, 0.25) is 0 Å². The van der Waals surface area contributed by atoms with Gasteiger partial charge in [-0.05, 0) is 63.7 Å². The quantitative estimate of drug-likeness (QED) is 0.833. The second kappa shape index (κ2) is 5.33. The molecule has 2 rings (SSSR count). The van der Waals surface area contributed by atoms with Crippen molar-refractivity contribution < 1.29 is 9.53 Å². The molecule has 1 aromatic carbocycles. The first-order valence-electron chi connectivity index (χ1n) is 6.83. The van der Waals surface area contributed by atoms with E-state index >= 15 is 0 Å². The number of benzene rings is 1. The van der Waals surface area contributed by atoms with Gasteiger partial charge >= 0.3 is 0 Å². The Bertz CT molecular complexity index is 482. The lowest BCUT2D eigenvalue weighted by Gasteiger charge is -2.35. The molecular formula is C16H23NO2. The largest absolute Gasteiger partial charge is 0.497 e. The van der Waals surface area contributed by atoms with Crippen LogP contribution in [-0.4, -0.2) is 38.4 Å². The molecule has 3 nitrogen and oxygen atoms in total. The maximum absolute atomic E-state index is 12.4. The molecule has 0 bridgehead atoms. The summed E-state index contributed by atoms with van der Waals surface area (Å²) in [6.45, 7) is 3.00. The van der Waals surface area contributed by atoms with Crippen LogP contribution in [0, 0.1) is 0 Å². The van der Waals surface area contributed by atoms with Gasteiger partial charge in [-0.3, -0.25) is 4.79 Å². The van der Waals surface area contributed by atoms with Crippen molar-refractivity contribution in [2.24, 2.45) is 0 Å². The summed E-state index contributed by atoms with van der Waals surface area (Å²) in [5.74, 6) is 1.19. The first kappa shape index (κ1) is 14.1. The predicted octanol–water partition coefficient (Wildman–Crippen LogP) is 2.42. The first-order valence-corrected chi connectivity index (χ1v) is 6.83. The summed E-state index contributed by atoms with van der Waals surface area (Å²) in [6.07, 6.45) is 2.37. The molecule has 1 aliphatic carbocycles. The number of ether oxygens (including phenoxy) is 1. The third-order valence-electron chi connectivity index (χ3n) is 4.21. The Hall–Kier alpha value is -1.35. The summed E-state index contributed by atoms with van der Waals surface area (Å²) in [5, 5.41) is 0. The highest BCUT2D eigenvalue weighted by Gasteiger charge is 2.39. The number of rotatable bonds is 4. The van der Waals surface area contributed by atoms with Crippen LogP contribution in [0.4, 0.5) is 0 Å². The Balaban J connectivity index is 2.40.